The molecule has 1 aliphatic heterocycles. The molecule has 0 aliphatic carbocycles. The van der Waals surface area contributed by atoms with Gasteiger partial charge in [0, 0.05) is 23.4 Å². The van der Waals surface area contributed by atoms with Crippen molar-refractivity contribution in [3.63, 3.8) is 0 Å². The van der Waals surface area contributed by atoms with E-state index in [0.717, 1.165) is 11.3 Å². The van der Waals surface area contributed by atoms with Gasteiger partial charge < -0.3 is 30.9 Å². The number of aliphatic carboxylic acids is 4. The number of Topliss-reactive ketones (excluding diaryl/α,β-unsaturated/α-hetero) is 1. The van der Waals surface area contributed by atoms with Gasteiger partial charge in [-0.3, -0.25) is 24.7 Å². The van der Waals surface area contributed by atoms with Crippen molar-refractivity contribution < 1.29 is 80.3 Å². The van der Waals surface area contributed by atoms with Gasteiger partial charge in [0.1, 0.15) is 16.5 Å². The van der Waals surface area contributed by atoms with Crippen LogP contribution >= 0.6 is 11.3 Å². The maximum atomic E-state index is 12.7. The van der Waals surface area contributed by atoms with Gasteiger partial charge in [0.2, 0.25) is 0 Å². The number of rotatable bonds is 11. The quantitative estimate of drug-likeness (QED) is 0.0641. The van der Waals surface area contributed by atoms with Gasteiger partial charge in [0.15, 0.2) is 5.78 Å². The van der Waals surface area contributed by atoms with E-state index in [1.165, 1.54) is 11.3 Å². The number of amidine groups is 1. The zero-order valence-corrected chi connectivity index (χ0v) is 25.0. The first-order valence-corrected chi connectivity index (χ1v) is 13.9. The van der Waals surface area contributed by atoms with Crippen LogP contribution in [0.15, 0.2) is 36.4 Å². The molecule has 2 atom stereocenters. The van der Waals surface area contributed by atoms with Crippen LogP contribution < -0.4 is 10.5 Å². The van der Waals surface area contributed by atoms with E-state index in [-0.39, 0.29) is 18.0 Å². The molecular weight excluding hydrogens is 688 g/mol. The number of thiophene rings is 1. The van der Waals surface area contributed by atoms with Crippen molar-refractivity contribution in [3.05, 3.63) is 51.7 Å². The fourth-order valence-corrected chi connectivity index (χ4v) is 4.76. The Morgan fingerprint density at radius 1 is 0.896 bits per heavy atom. The number of ether oxygens (including phenoxy) is 1. The van der Waals surface area contributed by atoms with E-state index in [4.69, 9.17) is 40.8 Å². The molecule has 0 radical (unpaired) electrons. The zero-order valence-electron chi connectivity index (χ0n) is 24.2. The maximum Gasteiger partial charge on any atom is 0.490 e. The van der Waals surface area contributed by atoms with Crippen molar-refractivity contribution in [1.29, 1.82) is 5.41 Å². The minimum absolute atomic E-state index is 0.0835. The molecule has 14 nitrogen and oxygen atoms in total. The number of likely N-dealkylation sites (tertiary alicyclic amines) is 1. The van der Waals surface area contributed by atoms with Crippen LogP contribution in [0.2, 0.25) is 0 Å². The number of carboxylic acid groups (broad SMARTS) is 4. The Balaban J connectivity index is 0.000000687. The first kappa shape index (κ1) is 41.0. The minimum Gasteiger partial charge on any atom is -0.481 e. The molecule has 1 fully saturated rings. The molecule has 1 aliphatic rings. The lowest BCUT2D eigenvalue weighted by atomic mass is 9.94. The number of carbonyl (C=O) groups is 6. The van der Waals surface area contributed by atoms with Gasteiger partial charge in [0.05, 0.1) is 18.4 Å². The fraction of sp³-hybridized carbons (Fsp3) is 0.370. The number of nitrogen functional groups attached to an aromatic ring is 1. The largest absolute Gasteiger partial charge is 0.490 e. The molecule has 264 valence electrons. The van der Waals surface area contributed by atoms with Crippen LogP contribution in [-0.4, -0.2) is 91.7 Å². The van der Waals surface area contributed by atoms with E-state index >= 15 is 0 Å². The third-order valence-corrected chi connectivity index (χ3v) is 7.09. The van der Waals surface area contributed by atoms with Crippen molar-refractivity contribution in [2.75, 3.05) is 6.54 Å². The second-order valence-electron chi connectivity index (χ2n) is 9.63. The summed E-state index contributed by atoms with van der Waals surface area (Å²) in [6, 6.07) is 9.22. The SMILES string of the molecule is N=C(N)c1ccc(OC(=O)c2ccc(CN3CCC[C@H]3C(=O)C[C@@H](CC(=O)O)C(=O)O)s2)cc1.O=C(O)C(F)(F)F.O=C(O)C(F)(F)F. The average molecular weight is 716 g/mol. The summed E-state index contributed by atoms with van der Waals surface area (Å²) in [5, 5.41) is 39.8. The van der Waals surface area contributed by atoms with E-state index < -0.39 is 60.6 Å². The third kappa shape index (κ3) is 14.2. The molecule has 0 amide bonds. The number of halogens is 6. The van der Waals surface area contributed by atoms with Gasteiger partial charge in [-0.2, -0.15) is 26.3 Å². The molecule has 1 aromatic carbocycles. The molecule has 0 unspecified atom stereocenters. The Morgan fingerprint density at radius 3 is 1.85 bits per heavy atom. The molecular formula is C27H27F6N3O11S. The van der Waals surface area contributed by atoms with Crippen molar-refractivity contribution >= 4 is 52.8 Å². The Morgan fingerprint density at radius 2 is 1.42 bits per heavy atom. The molecule has 2 aromatic rings. The first-order valence-electron chi connectivity index (χ1n) is 13.1. The van der Waals surface area contributed by atoms with Gasteiger partial charge in [-0.15, -0.1) is 11.3 Å². The molecule has 7 N–H and O–H groups in total. The molecule has 3 rings (SSSR count). The highest BCUT2D eigenvalue weighted by molar-refractivity contribution is 7.13. The van der Waals surface area contributed by atoms with Crippen LogP contribution in [0.1, 0.15) is 45.8 Å². The van der Waals surface area contributed by atoms with E-state index in [0.29, 0.717) is 35.7 Å². The molecule has 1 aromatic heterocycles. The summed E-state index contributed by atoms with van der Waals surface area (Å²) in [4.78, 5) is 68.4. The van der Waals surface area contributed by atoms with E-state index in [1.807, 2.05) is 4.90 Å². The van der Waals surface area contributed by atoms with Gasteiger partial charge in [0.25, 0.3) is 0 Å². The lowest BCUT2D eigenvalue weighted by Crippen LogP contribution is -2.37. The molecule has 2 heterocycles. The summed E-state index contributed by atoms with van der Waals surface area (Å²) < 4.78 is 68.8. The topological polar surface area (TPSA) is 246 Å². The number of nitrogens with zero attached hydrogens (tertiary/aromatic N) is 1. The third-order valence-electron chi connectivity index (χ3n) is 6.04. The highest BCUT2D eigenvalue weighted by Crippen LogP contribution is 2.27. The normalized spacial score (nSPS) is 15.1. The predicted octanol–water partition coefficient (Wildman–Crippen LogP) is 3.62. The summed E-state index contributed by atoms with van der Waals surface area (Å²) in [7, 11) is 0. The van der Waals surface area contributed by atoms with E-state index in [1.54, 1.807) is 36.4 Å². The number of nitrogens with two attached hydrogens (primary N) is 1. The standard InChI is InChI=1S/C23H25N3O7S.2C2HF3O2/c24-21(25)13-3-5-15(6-4-13)33-23(32)19-8-7-16(34-19)12-26-9-1-2-17(26)18(27)10-14(22(30)31)11-20(28)29;2*3-2(4,5)1(6)7/h3-8,14,17H,1-2,9-12H2,(H3,24,25)(H,28,29)(H,30,31);2*(H,6,7)/t14-,17-;;/m0../s1. The van der Waals surface area contributed by atoms with Crippen LogP contribution in [0, 0.1) is 11.3 Å². The minimum atomic E-state index is -5.08. The Kier molecular flexibility index (Phi) is 15.2. The van der Waals surface area contributed by atoms with Crippen LogP contribution in [0.3, 0.4) is 0 Å². The first-order chi connectivity index (χ1) is 22.0. The van der Waals surface area contributed by atoms with Crippen LogP contribution in [0.5, 0.6) is 5.75 Å². The van der Waals surface area contributed by atoms with Crippen molar-refractivity contribution in [2.24, 2.45) is 11.7 Å². The summed E-state index contributed by atoms with van der Waals surface area (Å²) >= 11 is 1.24. The molecule has 21 heteroatoms. The molecule has 0 spiro atoms. The zero-order chi connectivity index (χ0) is 37.0. The fourth-order valence-electron chi connectivity index (χ4n) is 3.85. The second-order valence-corrected chi connectivity index (χ2v) is 10.8. The average Bonchev–Trinajstić information content (AvgIpc) is 3.62. The number of benzene rings is 1. The number of esters is 1. The van der Waals surface area contributed by atoms with Crippen LogP contribution in [-0.2, 0) is 30.5 Å². The Hall–Kier alpha value is -5.05. The molecule has 1 saturated heterocycles. The number of ketones is 1. The number of carbonyl (C=O) groups excluding carboxylic acids is 2. The second kappa shape index (κ2) is 17.8. The Labute approximate surface area is 269 Å². The highest BCUT2D eigenvalue weighted by atomic mass is 32.1. The molecule has 48 heavy (non-hydrogen) atoms. The van der Waals surface area contributed by atoms with E-state index in [9.17, 15) is 50.6 Å². The highest BCUT2D eigenvalue weighted by Gasteiger charge is 2.39. The Bertz CT molecular complexity index is 1470. The number of hydrogen-bond donors (Lipinski definition) is 6. The van der Waals surface area contributed by atoms with Gasteiger partial charge in [-0.25, -0.2) is 14.4 Å². The number of carboxylic acids is 4. The maximum absolute atomic E-state index is 12.7. The number of nitrogens with one attached hydrogen (secondary N) is 1. The smallest absolute Gasteiger partial charge is 0.481 e. The van der Waals surface area contributed by atoms with E-state index in [2.05, 4.69) is 0 Å². The summed E-state index contributed by atoms with van der Waals surface area (Å²) in [5.41, 5.74) is 5.93. The summed E-state index contributed by atoms with van der Waals surface area (Å²) in [6.45, 7) is 1.06. The van der Waals surface area contributed by atoms with Crippen molar-refractivity contribution in [1.82, 2.24) is 4.90 Å². The monoisotopic (exact) mass is 715 g/mol. The molecule has 0 saturated carbocycles. The van der Waals surface area contributed by atoms with Crippen LogP contribution in [0.4, 0.5) is 26.3 Å². The van der Waals surface area contributed by atoms with Gasteiger partial charge in [-0.1, -0.05) is 0 Å². The number of hydrogen-bond acceptors (Lipinski definition) is 10. The summed E-state index contributed by atoms with van der Waals surface area (Å²) in [5.74, 6) is -9.88. The van der Waals surface area contributed by atoms with Gasteiger partial charge >= 0.3 is 42.2 Å². The lowest BCUT2D eigenvalue weighted by Gasteiger charge is -2.23. The van der Waals surface area contributed by atoms with Crippen LogP contribution in [0.25, 0.3) is 0 Å². The van der Waals surface area contributed by atoms with Gasteiger partial charge in [-0.05, 0) is 55.8 Å². The van der Waals surface area contributed by atoms with Crippen molar-refractivity contribution in [2.45, 2.75) is 50.6 Å². The predicted molar refractivity (Wildman–Crippen MR) is 151 cm³/mol. The lowest BCUT2D eigenvalue weighted by molar-refractivity contribution is -0.193. The van der Waals surface area contributed by atoms with Crippen molar-refractivity contribution in [3.8, 4) is 5.75 Å². The molecule has 0 bridgehead atoms. The summed E-state index contributed by atoms with van der Waals surface area (Å²) in [6.07, 6.45) is -9.74. The number of alkyl halides is 6.